The summed E-state index contributed by atoms with van der Waals surface area (Å²) in [4.78, 5) is 23.2. The molecule has 0 spiro atoms. The highest BCUT2D eigenvalue weighted by Crippen LogP contribution is 2.28. The van der Waals surface area contributed by atoms with Crippen molar-refractivity contribution in [3.63, 3.8) is 0 Å². The van der Waals surface area contributed by atoms with Gasteiger partial charge < -0.3 is 15.0 Å². The van der Waals surface area contributed by atoms with Gasteiger partial charge in [-0.25, -0.2) is 9.36 Å². The van der Waals surface area contributed by atoms with E-state index in [9.17, 15) is 9.59 Å². The first-order valence-corrected chi connectivity index (χ1v) is 5.23. The van der Waals surface area contributed by atoms with Gasteiger partial charge in [-0.2, -0.15) is 0 Å². The van der Waals surface area contributed by atoms with Crippen LogP contribution in [-0.2, 0) is 18.5 Å². The van der Waals surface area contributed by atoms with Crippen LogP contribution in [0.5, 0.6) is 0 Å². The minimum Gasteiger partial charge on any atom is -0.393 e. The Hall–Kier alpha value is -1.56. The number of hydrogen-bond donors (Lipinski definition) is 1. The largest absolute Gasteiger partial charge is 0.393 e. The molecule has 0 aliphatic heterocycles. The van der Waals surface area contributed by atoms with Crippen LogP contribution in [-0.4, -0.2) is 15.7 Å². The van der Waals surface area contributed by atoms with Crippen molar-refractivity contribution in [1.82, 2.24) is 9.13 Å². The molecule has 2 N–H and O–H groups in total. The predicted molar refractivity (Wildman–Crippen MR) is 59.0 cm³/mol. The van der Waals surface area contributed by atoms with Crippen LogP contribution in [0.3, 0.4) is 0 Å². The summed E-state index contributed by atoms with van der Waals surface area (Å²) in [6, 6.07) is 0. The number of aromatic nitrogens is 2. The van der Waals surface area contributed by atoms with Crippen molar-refractivity contribution in [3.05, 3.63) is 27.0 Å². The molecule has 0 aromatic carbocycles. The summed E-state index contributed by atoms with van der Waals surface area (Å²) in [6.45, 7) is 0.581. The lowest BCUT2D eigenvalue weighted by molar-refractivity contribution is 0.0633. The molecule has 6 heteroatoms. The molecule has 1 aromatic heterocycles. The van der Waals surface area contributed by atoms with Gasteiger partial charge in [-0.15, -0.1) is 0 Å². The van der Waals surface area contributed by atoms with Crippen LogP contribution in [0, 0.1) is 5.92 Å². The number of ether oxygens (including phenoxy) is 1. The van der Waals surface area contributed by atoms with E-state index in [4.69, 9.17) is 10.5 Å². The Kier molecular flexibility index (Phi) is 2.82. The summed E-state index contributed by atoms with van der Waals surface area (Å²) in [5.74, 6) is 0.598. The van der Waals surface area contributed by atoms with E-state index in [1.807, 2.05) is 0 Å². The van der Waals surface area contributed by atoms with E-state index in [0.717, 1.165) is 4.57 Å². The zero-order chi connectivity index (χ0) is 11.7. The van der Waals surface area contributed by atoms with Crippen molar-refractivity contribution in [1.29, 1.82) is 0 Å². The van der Waals surface area contributed by atoms with Gasteiger partial charge in [0.05, 0.1) is 6.61 Å². The van der Waals surface area contributed by atoms with Gasteiger partial charge in [0.2, 0.25) is 0 Å². The Morgan fingerprint density at radius 2 is 2.19 bits per heavy atom. The van der Waals surface area contributed by atoms with E-state index in [-0.39, 0.29) is 12.4 Å². The number of nitrogen functional groups attached to an aromatic ring is 1. The smallest absolute Gasteiger partial charge is 0.332 e. The van der Waals surface area contributed by atoms with Crippen LogP contribution < -0.4 is 17.0 Å². The monoisotopic (exact) mass is 225 g/mol. The van der Waals surface area contributed by atoms with Crippen molar-refractivity contribution in [2.24, 2.45) is 13.0 Å². The number of rotatable bonds is 4. The second-order valence-electron chi connectivity index (χ2n) is 4.15. The van der Waals surface area contributed by atoms with Gasteiger partial charge in [0.15, 0.2) is 0 Å². The molecule has 0 radical (unpaired) electrons. The highest BCUT2D eigenvalue weighted by Gasteiger charge is 2.21. The quantitative estimate of drug-likeness (QED) is 0.750. The molecular formula is C10H15N3O3. The number of anilines is 1. The molecule has 16 heavy (non-hydrogen) atoms. The van der Waals surface area contributed by atoms with Crippen LogP contribution in [0.25, 0.3) is 0 Å². The lowest BCUT2D eigenvalue weighted by atomic mass is 10.5. The SMILES string of the molecule is Cn1cc(N)c(=O)n(COCC2CC2)c1=O. The fourth-order valence-electron chi connectivity index (χ4n) is 1.46. The molecular weight excluding hydrogens is 210 g/mol. The minimum absolute atomic E-state index is 0.0208. The number of nitrogens with two attached hydrogens (primary N) is 1. The fourth-order valence-corrected chi connectivity index (χ4v) is 1.46. The van der Waals surface area contributed by atoms with Crippen molar-refractivity contribution >= 4 is 5.69 Å². The van der Waals surface area contributed by atoms with Crippen LogP contribution in [0.1, 0.15) is 12.8 Å². The van der Waals surface area contributed by atoms with E-state index in [1.165, 1.54) is 23.6 Å². The second-order valence-corrected chi connectivity index (χ2v) is 4.15. The standard InChI is InChI=1S/C10H15N3O3/c1-12-4-8(11)9(14)13(10(12)15)6-16-5-7-2-3-7/h4,7H,2-3,5-6,11H2,1H3. The first-order valence-electron chi connectivity index (χ1n) is 5.23. The average Bonchev–Trinajstić information content (AvgIpc) is 3.04. The number of nitrogens with zero attached hydrogens (tertiary/aromatic N) is 2. The Morgan fingerprint density at radius 3 is 2.81 bits per heavy atom. The summed E-state index contributed by atoms with van der Waals surface area (Å²) >= 11 is 0. The third-order valence-corrected chi connectivity index (χ3v) is 2.63. The number of hydrogen-bond acceptors (Lipinski definition) is 4. The van der Waals surface area contributed by atoms with Gasteiger partial charge in [0.1, 0.15) is 12.4 Å². The Morgan fingerprint density at radius 1 is 1.50 bits per heavy atom. The topological polar surface area (TPSA) is 79.2 Å². The van der Waals surface area contributed by atoms with E-state index < -0.39 is 11.2 Å². The zero-order valence-corrected chi connectivity index (χ0v) is 9.18. The van der Waals surface area contributed by atoms with Gasteiger partial charge >= 0.3 is 5.69 Å². The first kappa shape index (κ1) is 10.9. The van der Waals surface area contributed by atoms with E-state index in [0.29, 0.717) is 12.5 Å². The molecule has 0 unspecified atom stereocenters. The Labute approximate surface area is 92.3 Å². The molecule has 1 saturated carbocycles. The summed E-state index contributed by atoms with van der Waals surface area (Å²) in [7, 11) is 1.55. The zero-order valence-electron chi connectivity index (χ0n) is 9.18. The third kappa shape index (κ3) is 2.16. The highest BCUT2D eigenvalue weighted by molar-refractivity contribution is 5.30. The van der Waals surface area contributed by atoms with Crippen LogP contribution >= 0.6 is 0 Å². The average molecular weight is 225 g/mol. The van der Waals surface area contributed by atoms with Gasteiger partial charge in [-0.1, -0.05) is 0 Å². The van der Waals surface area contributed by atoms with Gasteiger partial charge in [-0.3, -0.25) is 4.79 Å². The molecule has 1 aliphatic rings. The Balaban J connectivity index is 2.17. The van der Waals surface area contributed by atoms with Gasteiger partial charge in [-0.05, 0) is 18.8 Å². The fraction of sp³-hybridized carbons (Fsp3) is 0.600. The Bertz CT molecular complexity index is 465. The molecule has 1 heterocycles. The van der Waals surface area contributed by atoms with E-state index in [2.05, 4.69) is 0 Å². The summed E-state index contributed by atoms with van der Waals surface area (Å²) < 4.78 is 7.60. The molecule has 0 amide bonds. The molecule has 1 fully saturated rings. The van der Waals surface area contributed by atoms with Crippen molar-refractivity contribution in [2.75, 3.05) is 12.3 Å². The van der Waals surface area contributed by atoms with Gasteiger partial charge in [0, 0.05) is 13.2 Å². The lowest BCUT2D eigenvalue weighted by Gasteiger charge is -2.08. The van der Waals surface area contributed by atoms with Gasteiger partial charge in [0.25, 0.3) is 5.56 Å². The predicted octanol–water partition coefficient (Wildman–Crippen LogP) is -0.487. The maximum absolute atomic E-state index is 11.6. The van der Waals surface area contributed by atoms with Crippen molar-refractivity contribution in [3.8, 4) is 0 Å². The normalized spacial score (nSPS) is 15.3. The minimum atomic E-state index is -0.487. The molecule has 2 rings (SSSR count). The summed E-state index contributed by atoms with van der Waals surface area (Å²) in [5.41, 5.74) is 4.64. The first-order chi connectivity index (χ1) is 7.59. The third-order valence-electron chi connectivity index (χ3n) is 2.63. The van der Waals surface area contributed by atoms with Crippen LogP contribution in [0.2, 0.25) is 0 Å². The maximum Gasteiger partial charge on any atom is 0.332 e. The molecule has 0 bridgehead atoms. The maximum atomic E-state index is 11.6. The highest BCUT2D eigenvalue weighted by atomic mass is 16.5. The number of aryl methyl sites for hydroxylation is 1. The van der Waals surface area contributed by atoms with Crippen molar-refractivity contribution in [2.45, 2.75) is 19.6 Å². The van der Waals surface area contributed by atoms with E-state index >= 15 is 0 Å². The second kappa shape index (κ2) is 4.13. The summed E-state index contributed by atoms with van der Waals surface area (Å²) in [5, 5.41) is 0. The van der Waals surface area contributed by atoms with Crippen LogP contribution in [0.15, 0.2) is 15.8 Å². The van der Waals surface area contributed by atoms with Crippen molar-refractivity contribution < 1.29 is 4.74 Å². The molecule has 88 valence electrons. The molecule has 1 aliphatic carbocycles. The van der Waals surface area contributed by atoms with E-state index in [1.54, 1.807) is 7.05 Å². The van der Waals surface area contributed by atoms with Crippen LogP contribution in [0.4, 0.5) is 5.69 Å². The molecule has 6 nitrogen and oxygen atoms in total. The summed E-state index contributed by atoms with van der Waals surface area (Å²) in [6.07, 6.45) is 3.66. The molecule has 0 atom stereocenters. The molecule has 1 aromatic rings. The lowest BCUT2D eigenvalue weighted by Crippen LogP contribution is -2.40. The molecule has 0 saturated heterocycles.